The normalized spacial score (nSPS) is 10.8. The average Bonchev–Trinajstić information content (AvgIpc) is 2.43. The van der Waals surface area contributed by atoms with E-state index in [9.17, 15) is 10.1 Å². The van der Waals surface area contributed by atoms with Gasteiger partial charge in [0.25, 0.3) is 5.69 Å². The number of pyridine rings is 1. The summed E-state index contributed by atoms with van der Waals surface area (Å²) in [5.74, 6) is 0. The summed E-state index contributed by atoms with van der Waals surface area (Å²) >= 11 is 0. The molecule has 0 aliphatic rings. The van der Waals surface area contributed by atoms with Crippen LogP contribution in [-0.4, -0.2) is 43.4 Å². The molecule has 1 aromatic rings. The van der Waals surface area contributed by atoms with Crippen molar-refractivity contribution in [1.29, 1.82) is 0 Å². The smallest absolute Gasteiger partial charge is 0.278 e. The Bertz CT molecular complexity index is 466. The van der Waals surface area contributed by atoms with Crippen LogP contribution in [0, 0.1) is 24.0 Å². The van der Waals surface area contributed by atoms with E-state index in [0.29, 0.717) is 43.2 Å². The van der Waals surface area contributed by atoms with Crippen molar-refractivity contribution in [3.05, 3.63) is 33.1 Å². The molecule has 0 saturated carbocycles. The van der Waals surface area contributed by atoms with Gasteiger partial charge in [0.15, 0.2) is 0 Å². The largest absolute Gasteiger partial charge is 0.382 e. The van der Waals surface area contributed by atoms with Crippen molar-refractivity contribution in [2.24, 2.45) is 0 Å². The van der Waals surface area contributed by atoms with E-state index in [0.717, 1.165) is 13.0 Å². The molecule has 0 aliphatic heterocycles. The molecular formula is C14H23N3O4. The summed E-state index contributed by atoms with van der Waals surface area (Å²) in [5, 5.41) is 14.2. The van der Waals surface area contributed by atoms with Crippen molar-refractivity contribution in [2.45, 2.75) is 26.8 Å². The van der Waals surface area contributed by atoms with Gasteiger partial charge in [-0.2, -0.15) is 0 Å². The maximum Gasteiger partial charge on any atom is 0.278 e. The van der Waals surface area contributed by atoms with Crippen molar-refractivity contribution in [3.63, 3.8) is 0 Å². The second-order valence-electron chi connectivity index (χ2n) is 4.75. The van der Waals surface area contributed by atoms with Gasteiger partial charge in [-0.15, -0.1) is 0 Å². The molecule has 118 valence electrons. The van der Waals surface area contributed by atoms with Gasteiger partial charge in [0.05, 0.1) is 23.8 Å². The fourth-order valence-corrected chi connectivity index (χ4v) is 1.97. The van der Waals surface area contributed by atoms with Crippen LogP contribution in [0.5, 0.6) is 0 Å². The standard InChI is InChI=1S/C14H23N3O4/c1-11-9-16-13(12(2)14(11)17(18)19)10-15-5-4-6-21-8-7-20-3/h9,15H,4-8,10H2,1-3H3. The topological polar surface area (TPSA) is 86.5 Å². The minimum absolute atomic E-state index is 0.157. The summed E-state index contributed by atoms with van der Waals surface area (Å²) in [5.41, 5.74) is 2.09. The number of hydrogen-bond acceptors (Lipinski definition) is 6. The fraction of sp³-hybridized carbons (Fsp3) is 0.643. The van der Waals surface area contributed by atoms with Crippen molar-refractivity contribution < 1.29 is 14.4 Å². The van der Waals surface area contributed by atoms with E-state index in [4.69, 9.17) is 9.47 Å². The summed E-state index contributed by atoms with van der Waals surface area (Å²) in [6.07, 6.45) is 2.42. The maximum atomic E-state index is 11.0. The monoisotopic (exact) mass is 297 g/mol. The molecule has 1 N–H and O–H groups in total. The molecule has 0 aliphatic carbocycles. The predicted octanol–water partition coefficient (Wildman–Crippen LogP) is 1.75. The Kier molecular flexibility index (Phi) is 7.81. The molecule has 0 amide bonds. The molecular weight excluding hydrogens is 274 g/mol. The van der Waals surface area contributed by atoms with Gasteiger partial charge in [-0.25, -0.2) is 0 Å². The van der Waals surface area contributed by atoms with E-state index in [1.165, 1.54) is 0 Å². The third kappa shape index (κ3) is 5.74. The lowest BCUT2D eigenvalue weighted by atomic mass is 10.1. The number of rotatable bonds is 10. The number of nitro groups is 1. The van der Waals surface area contributed by atoms with Crippen LogP contribution < -0.4 is 5.32 Å². The van der Waals surface area contributed by atoms with Gasteiger partial charge < -0.3 is 14.8 Å². The zero-order valence-corrected chi connectivity index (χ0v) is 12.8. The molecule has 0 radical (unpaired) electrons. The van der Waals surface area contributed by atoms with Crippen molar-refractivity contribution in [3.8, 4) is 0 Å². The second kappa shape index (κ2) is 9.38. The zero-order chi connectivity index (χ0) is 15.7. The number of aromatic nitrogens is 1. The molecule has 1 aromatic heterocycles. The number of nitrogens with zero attached hydrogens (tertiary/aromatic N) is 2. The number of aryl methyl sites for hydroxylation is 1. The Labute approximate surface area is 124 Å². The molecule has 0 fully saturated rings. The summed E-state index contributed by atoms with van der Waals surface area (Å²) in [6.45, 7) is 6.60. The predicted molar refractivity (Wildman–Crippen MR) is 79.4 cm³/mol. The lowest BCUT2D eigenvalue weighted by Crippen LogP contribution is -2.18. The fourth-order valence-electron chi connectivity index (χ4n) is 1.97. The van der Waals surface area contributed by atoms with E-state index >= 15 is 0 Å². The molecule has 7 heteroatoms. The molecule has 7 nitrogen and oxygen atoms in total. The van der Waals surface area contributed by atoms with Crippen LogP contribution in [0.25, 0.3) is 0 Å². The number of methoxy groups -OCH3 is 1. The quantitative estimate of drug-likeness (QED) is 0.402. The minimum atomic E-state index is -0.348. The molecule has 21 heavy (non-hydrogen) atoms. The van der Waals surface area contributed by atoms with Crippen LogP contribution in [0.15, 0.2) is 6.20 Å². The molecule has 0 unspecified atom stereocenters. The molecule has 1 heterocycles. The molecule has 0 bridgehead atoms. The highest BCUT2D eigenvalue weighted by Gasteiger charge is 2.18. The molecule has 0 saturated heterocycles. The van der Waals surface area contributed by atoms with E-state index in [1.807, 2.05) is 0 Å². The number of hydrogen-bond donors (Lipinski definition) is 1. The first kappa shape index (κ1) is 17.5. The molecule has 1 rings (SSSR count). The Hall–Kier alpha value is -1.57. The van der Waals surface area contributed by atoms with Crippen LogP contribution in [-0.2, 0) is 16.0 Å². The summed E-state index contributed by atoms with van der Waals surface area (Å²) < 4.78 is 10.2. The van der Waals surface area contributed by atoms with Gasteiger partial charge in [0.1, 0.15) is 0 Å². The second-order valence-corrected chi connectivity index (χ2v) is 4.75. The van der Waals surface area contributed by atoms with Gasteiger partial charge in [0.2, 0.25) is 0 Å². The lowest BCUT2D eigenvalue weighted by Gasteiger charge is -2.09. The van der Waals surface area contributed by atoms with Crippen LogP contribution in [0.4, 0.5) is 5.69 Å². The van der Waals surface area contributed by atoms with E-state index < -0.39 is 0 Å². The molecule has 0 atom stereocenters. The van der Waals surface area contributed by atoms with E-state index in [1.54, 1.807) is 27.2 Å². The van der Waals surface area contributed by atoms with Gasteiger partial charge >= 0.3 is 0 Å². The summed E-state index contributed by atoms with van der Waals surface area (Å²) in [6, 6.07) is 0. The van der Waals surface area contributed by atoms with Crippen LogP contribution in [0.2, 0.25) is 0 Å². The van der Waals surface area contributed by atoms with Crippen LogP contribution >= 0.6 is 0 Å². The lowest BCUT2D eigenvalue weighted by molar-refractivity contribution is -0.386. The van der Waals surface area contributed by atoms with E-state index in [2.05, 4.69) is 10.3 Å². The first-order chi connectivity index (χ1) is 10.1. The Balaban J connectivity index is 2.36. The van der Waals surface area contributed by atoms with Gasteiger partial charge in [-0.05, 0) is 26.8 Å². The van der Waals surface area contributed by atoms with Crippen LogP contribution in [0.1, 0.15) is 23.2 Å². The van der Waals surface area contributed by atoms with Crippen molar-refractivity contribution >= 4 is 5.69 Å². The number of nitrogens with one attached hydrogen (secondary N) is 1. The highest BCUT2D eigenvalue weighted by Crippen LogP contribution is 2.23. The first-order valence-corrected chi connectivity index (χ1v) is 6.94. The SMILES string of the molecule is COCCOCCCNCc1ncc(C)c([N+](=O)[O-])c1C. The minimum Gasteiger partial charge on any atom is -0.382 e. The van der Waals surface area contributed by atoms with Crippen molar-refractivity contribution in [1.82, 2.24) is 10.3 Å². The average molecular weight is 297 g/mol. The first-order valence-electron chi connectivity index (χ1n) is 6.94. The van der Waals surface area contributed by atoms with E-state index in [-0.39, 0.29) is 10.6 Å². The summed E-state index contributed by atoms with van der Waals surface area (Å²) in [7, 11) is 1.64. The highest BCUT2D eigenvalue weighted by molar-refractivity contribution is 5.47. The van der Waals surface area contributed by atoms with Gasteiger partial charge in [-0.1, -0.05) is 0 Å². The van der Waals surface area contributed by atoms with Crippen LogP contribution in [0.3, 0.4) is 0 Å². The Morgan fingerprint density at radius 2 is 2.10 bits per heavy atom. The molecule has 0 aromatic carbocycles. The zero-order valence-electron chi connectivity index (χ0n) is 12.8. The van der Waals surface area contributed by atoms with Crippen molar-refractivity contribution in [2.75, 3.05) is 33.5 Å². The highest BCUT2D eigenvalue weighted by atomic mass is 16.6. The Morgan fingerprint density at radius 1 is 1.33 bits per heavy atom. The third-order valence-corrected chi connectivity index (χ3v) is 3.12. The Morgan fingerprint density at radius 3 is 2.76 bits per heavy atom. The van der Waals surface area contributed by atoms with Gasteiger partial charge in [0, 0.05) is 37.6 Å². The molecule has 0 spiro atoms. The maximum absolute atomic E-state index is 11.0. The number of ether oxygens (including phenoxy) is 2. The van der Waals surface area contributed by atoms with Gasteiger partial charge in [-0.3, -0.25) is 15.1 Å². The summed E-state index contributed by atoms with van der Waals surface area (Å²) in [4.78, 5) is 14.9. The third-order valence-electron chi connectivity index (χ3n) is 3.12.